The topological polar surface area (TPSA) is 24.7 Å². The molecule has 2 aliphatic rings. The summed E-state index contributed by atoms with van der Waals surface area (Å²) in [6.45, 7) is 25.6. The lowest BCUT2D eigenvalue weighted by molar-refractivity contribution is -0.144. The molecule has 0 saturated carbocycles. The minimum atomic E-state index is -5.28. The van der Waals surface area contributed by atoms with Gasteiger partial charge in [0, 0.05) is 43.4 Å². The summed E-state index contributed by atoms with van der Waals surface area (Å²) in [5, 5.41) is 0. The number of hydrogen-bond acceptors (Lipinski definition) is 2. The van der Waals surface area contributed by atoms with Gasteiger partial charge in [-0.2, -0.15) is 52.7 Å². The van der Waals surface area contributed by atoms with Crippen molar-refractivity contribution in [3.63, 3.8) is 0 Å². The van der Waals surface area contributed by atoms with Crippen molar-refractivity contribution < 1.29 is 52.7 Å². The monoisotopic (exact) mass is 850 g/mol. The maximum atomic E-state index is 14.3. The molecule has 4 rings (SSSR count). The molecule has 0 bridgehead atoms. The van der Waals surface area contributed by atoms with Crippen LogP contribution in [0.1, 0.15) is 46.2 Å². The van der Waals surface area contributed by atoms with Gasteiger partial charge in [0.15, 0.2) is 0 Å². The van der Waals surface area contributed by atoms with Crippen LogP contribution in [0.5, 0.6) is 0 Å². The van der Waals surface area contributed by atoms with Crippen LogP contribution in [0.25, 0.3) is 0 Å². The van der Waals surface area contributed by atoms with Gasteiger partial charge in [0.2, 0.25) is 0 Å². The van der Waals surface area contributed by atoms with Crippen LogP contribution in [0.2, 0.25) is 87.1 Å². The molecule has 296 valence electrons. The molecule has 2 heterocycles. The van der Waals surface area contributed by atoms with Crippen LogP contribution in [0, 0.1) is 0 Å². The summed E-state index contributed by atoms with van der Waals surface area (Å²) in [4.78, 5) is 0. The first-order valence-electron chi connectivity index (χ1n) is 17.1. The van der Waals surface area contributed by atoms with E-state index in [9.17, 15) is 52.7 Å². The summed E-state index contributed by atoms with van der Waals surface area (Å²) in [7, 11) is -14.4. The summed E-state index contributed by atoms with van der Waals surface area (Å²) < 4.78 is 181. The van der Waals surface area contributed by atoms with Gasteiger partial charge < -0.3 is 0 Å². The molecule has 2 aromatic carbocycles. The standard InChI is InChI=1S/C34H46F12N2Si5/c1-49(2,3)29(50(4,5)6)13-14-30(51(7,8)9,52(10,11)12)53(29)47-27(21-15-23(31(35,36)37)19-24(16-21)32(38,39)40)28(48-53)22-17-25(33(41,42)43)20-26(18-22)34(44,45)46/h15-20H,13-14H2,1-12H3. The third-order valence-corrected chi connectivity index (χ3v) is 49.1. The van der Waals surface area contributed by atoms with Crippen LogP contribution >= 0.6 is 0 Å². The lowest BCUT2D eigenvalue weighted by Crippen LogP contribution is -2.74. The molecule has 0 unspecified atom stereocenters. The number of alkyl halides is 12. The van der Waals surface area contributed by atoms with E-state index in [-0.39, 0.29) is 12.1 Å². The van der Waals surface area contributed by atoms with Gasteiger partial charge in [0.1, 0.15) is 0 Å². The lowest BCUT2D eigenvalue weighted by atomic mass is 9.94. The number of halogens is 12. The van der Waals surface area contributed by atoms with Crippen molar-refractivity contribution in [1.82, 2.24) is 0 Å². The second-order valence-corrected chi connectivity index (χ2v) is 46.4. The molecule has 0 radical (unpaired) electrons. The van der Waals surface area contributed by atoms with Crippen LogP contribution in [-0.2, 0) is 24.7 Å². The Balaban J connectivity index is 2.42. The first-order valence-corrected chi connectivity index (χ1v) is 33.0. The first-order chi connectivity index (χ1) is 23.3. The molecule has 0 atom stereocenters. The molecule has 19 heteroatoms. The quantitative estimate of drug-likeness (QED) is 0.204. The van der Waals surface area contributed by atoms with E-state index < -0.39 is 119 Å². The summed E-state index contributed by atoms with van der Waals surface area (Å²) in [6, 6.07) is 1.71. The van der Waals surface area contributed by atoms with E-state index in [1.165, 1.54) is 0 Å². The smallest absolute Gasteiger partial charge is 0.293 e. The van der Waals surface area contributed by atoms with Gasteiger partial charge in [0.25, 0.3) is 0 Å². The van der Waals surface area contributed by atoms with E-state index in [4.69, 9.17) is 9.32 Å². The molecule has 0 aliphatic carbocycles. The van der Waals surface area contributed by atoms with Crippen LogP contribution in [-0.4, -0.2) is 52.1 Å². The van der Waals surface area contributed by atoms with E-state index in [0.29, 0.717) is 37.1 Å². The van der Waals surface area contributed by atoms with E-state index in [0.717, 1.165) is 0 Å². The van der Waals surface area contributed by atoms with Gasteiger partial charge in [-0.05, 0) is 45.0 Å². The number of hydrogen-bond donors (Lipinski definition) is 0. The van der Waals surface area contributed by atoms with Crippen molar-refractivity contribution in [2.75, 3.05) is 0 Å². The average Bonchev–Trinajstić information content (AvgIpc) is 3.48. The van der Waals surface area contributed by atoms with Gasteiger partial charge in [-0.15, -0.1) is 0 Å². The second kappa shape index (κ2) is 12.5. The van der Waals surface area contributed by atoms with Crippen molar-refractivity contribution in [2.24, 2.45) is 9.32 Å². The van der Waals surface area contributed by atoms with E-state index in [1.807, 2.05) is 0 Å². The van der Waals surface area contributed by atoms with Crippen molar-refractivity contribution in [3.05, 3.63) is 69.8 Å². The zero-order valence-corrected chi connectivity index (χ0v) is 36.8. The molecule has 1 spiro atoms. The lowest BCUT2D eigenvalue weighted by Gasteiger charge is -2.62. The normalized spacial score (nSPS) is 19.8. The molecule has 0 amide bonds. The summed E-state index contributed by atoms with van der Waals surface area (Å²) in [5.74, 6) is 0. The van der Waals surface area contributed by atoms with Crippen molar-refractivity contribution in [1.29, 1.82) is 0 Å². The van der Waals surface area contributed by atoms with Crippen LogP contribution in [0.15, 0.2) is 45.7 Å². The second-order valence-electron chi connectivity index (χ2n) is 18.5. The van der Waals surface area contributed by atoms with Crippen molar-refractivity contribution in [3.8, 4) is 0 Å². The molecular formula is C34H46F12N2Si5. The predicted octanol–water partition coefficient (Wildman–Crippen LogP) is 13.3. The van der Waals surface area contributed by atoms with Gasteiger partial charge in [0.05, 0.1) is 33.7 Å². The van der Waals surface area contributed by atoms with Gasteiger partial charge >= 0.3 is 33.1 Å². The fourth-order valence-electron chi connectivity index (χ4n) is 10.4. The summed E-state index contributed by atoms with van der Waals surface area (Å²) >= 11 is 0. The van der Waals surface area contributed by atoms with Gasteiger partial charge in [-0.25, -0.2) is 0 Å². The Kier molecular flexibility index (Phi) is 10.3. The largest absolute Gasteiger partial charge is 0.416 e. The molecule has 1 saturated heterocycles. The highest BCUT2D eigenvalue weighted by atomic mass is 28.5. The highest BCUT2D eigenvalue weighted by Gasteiger charge is 2.83. The van der Waals surface area contributed by atoms with Crippen LogP contribution in [0.3, 0.4) is 0 Å². The molecular weight excluding hydrogens is 805 g/mol. The average molecular weight is 851 g/mol. The molecule has 2 aromatic rings. The Morgan fingerprint density at radius 3 is 0.792 bits per heavy atom. The highest BCUT2D eigenvalue weighted by Crippen LogP contribution is 2.77. The van der Waals surface area contributed by atoms with Crippen LogP contribution in [0.4, 0.5) is 52.7 Å². The molecule has 1 fully saturated rings. The molecule has 0 aromatic heterocycles. The zero-order valence-electron chi connectivity index (χ0n) is 31.8. The maximum Gasteiger partial charge on any atom is 0.416 e. The molecule has 53 heavy (non-hydrogen) atoms. The third-order valence-electron chi connectivity index (χ3n) is 11.7. The number of nitrogens with zero attached hydrogens (tertiary/aromatic N) is 2. The van der Waals surface area contributed by atoms with E-state index >= 15 is 0 Å². The minimum Gasteiger partial charge on any atom is -0.293 e. The predicted molar refractivity (Wildman–Crippen MR) is 200 cm³/mol. The summed E-state index contributed by atoms with van der Waals surface area (Å²) in [5.41, 5.74) is -9.14. The summed E-state index contributed by atoms with van der Waals surface area (Å²) in [6.07, 6.45) is -19.9. The fourth-order valence-corrected chi connectivity index (χ4v) is 57.6. The Morgan fingerprint density at radius 2 is 0.623 bits per heavy atom. The highest BCUT2D eigenvalue weighted by molar-refractivity contribution is 7.27. The molecule has 2 aliphatic heterocycles. The van der Waals surface area contributed by atoms with E-state index in [1.54, 1.807) is 0 Å². The Bertz CT molecular complexity index is 1600. The minimum absolute atomic E-state index is 0.0620. The first kappa shape index (κ1) is 43.7. The molecule has 2 nitrogen and oxygen atoms in total. The maximum absolute atomic E-state index is 14.3. The Labute approximate surface area is 307 Å². The van der Waals surface area contributed by atoms with Crippen molar-refractivity contribution >= 4 is 52.1 Å². The fraction of sp³-hybridized carbons (Fsp3) is 0.588. The SMILES string of the molecule is C[Si](C)(C)C1([Si](C)(C)C)CCC([Si](C)(C)C)([Si](C)(C)C)[Si]12N=C(c1cc(C(F)(F)F)cc(C(F)(F)F)c1)C(c1cc(C(F)(F)F)cc(C(F)(F)F)c1)=N2. The Morgan fingerprint density at radius 1 is 0.415 bits per heavy atom. The third kappa shape index (κ3) is 6.93. The van der Waals surface area contributed by atoms with Gasteiger partial charge in [-0.3, -0.25) is 9.32 Å². The van der Waals surface area contributed by atoms with Crippen LogP contribution < -0.4 is 0 Å². The molecule has 0 N–H and O–H groups in total. The number of rotatable bonds is 6. The zero-order chi connectivity index (χ0) is 41.2. The van der Waals surface area contributed by atoms with E-state index in [2.05, 4.69) is 78.6 Å². The number of benzene rings is 2. The van der Waals surface area contributed by atoms with Gasteiger partial charge in [-0.1, -0.05) is 91.4 Å². The Hall–Kier alpha value is -1.98. The van der Waals surface area contributed by atoms with Crippen molar-refractivity contribution in [2.45, 2.75) is 125 Å².